The number of carbonyl (C=O) groups is 1. The molecule has 0 aromatic heterocycles. The van der Waals surface area contributed by atoms with Crippen LogP contribution in [0.2, 0.25) is 0 Å². The van der Waals surface area contributed by atoms with E-state index in [0.717, 1.165) is 5.39 Å². The Hall–Kier alpha value is -3.59. The first kappa shape index (κ1) is 15.9. The van der Waals surface area contributed by atoms with Crippen molar-refractivity contribution in [1.29, 1.82) is 0 Å². The normalized spacial score (nSPS) is 10.8. The largest absolute Gasteiger partial charge is 0.507 e. The summed E-state index contributed by atoms with van der Waals surface area (Å²) in [5, 5.41) is 20.4. The van der Waals surface area contributed by atoms with Crippen LogP contribution in [0.5, 0.6) is 5.75 Å². The van der Waals surface area contributed by atoms with Crippen molar-refractivity contribution in [2.45, 2.75) is 0 Å². The molecule has 0 atom stereocenters. The summed E-state index contributed by atoms with van der Waals surface area (Å²) in [6.07, 6.45) is 0. The minimum atomic E-state index is -0.879. The zero-order valence-corrected chi connectivity index (χ0v) is 13.9. The first-order valence-corrected chi connectivity index (χ1v) is 8.29. The molecule has 0 spiro atoms. The minimum Gasteiger partial charge on any atom is -0.507 e. The number of aromatic hydroxyl groups is 1. The molecule has 0 heterocycles. The number of aromatic carboxylic acids is 1. The molecule has 5 rings (SSSR count). The molecular weight excluding hydrogens is 324 g/mol. The van der Waals surface area contributed by atoms with E-state index < -0.39 is 5.97 Å². The van der Waals surface area contributed by atoms with Crippen molar-refractivity contribution in [3.63, 3.8) is 0 Å². The van der Waals surface area contributed by atoms with Gasteiger partial charge < -0.3 is 10.2 Å². The molecule has 0 amide bonds. The van der Waals surface area contributed by atoms with Crippen molar-refractivity contribution in [1.82, 2.24) is 0 Å². The van der Waals surface area contributed by atoms with E-state index in [9.17, 15) is 9.90 Å². The van der Waals surface area contributed by atoms with E-state index >= 15 is 0 Å². The maximum absolute atomic E-state index is 10.2. The molecule has 26 heavy (non-hydrogen) atoms. The Morgan fingerprint density at radius 2 is 1.19 bits per heavy atom. The van der Waals surface area contributed by atoms with Crippen molar-refractivity contribution in [2.75, 3.05) is 0 Å². The molecule has 4 aromatic rings. The highest BCUT2D eigenvalue weighted by molar-refractivity contribution is 6.16. The summed E-state index contributed by atoms with van der Waals surface area (Å²) < 4.78 is 0. The topological polar surface area (TPSA) is 57.5 Å². The average molecular weight is 340 g/mol. The third kappa shape index (κ3) is 2.60. The van der Waals surface area contributed by atoms with Gasteiger partial charge in [-0.3, -0.25) is 0 Å². The van der Waals surface area contributed by atoms with Crippen LogP contribution in [-0.2, 0) is 0 Å². The molecule has 0 unspecified atom stereocenters. The minimum absolute atomic E-state index is 0.331. The van der Waals surface area contributed by atoms with Gasteiger partial charge in [-0.1, -0.05) is 66.7 Å². The van der Waals surface area contributed by atoms with Gasteiger partial charge in [-0.25, -0.2) is 4.79 Å². The molecule has 126 valence electrons. The van der Waals surface area contributed by atoms with Crippen LogP contribution in [0.15, 0.2) is 84.9 Å². The van der Waals surface area contributed by atoms with E-state index in [2.05, 4.69) is 30.3 Å². The molecule has 1 aliphatic carbocycles. The highest BCUT2D eigenvalue weighted by Gasteiger charge is 2.21. The first-order chi connectivity index (χ1) is 12.7. The second-order valence-corrected chi connectivity index (χ2v) is 6.08. The second-order valence-electron chi connectivity index (χ2n) is 6.08. The number of fused-ring (bicyclic) bond motifs is 3. The molecule has 3 nitrogen and oxygen atoms in total. The van der Waals surface area contributed by atoms with Crippen molar-refractivity contribution >= 4 is 16.7 Å². The molecule has 0 aliphatic heterocycles. The van der Waals surface area contributed by atoms with Crippen LogP contribution < -0.4 is 0 Å². The summed E-state index contributed by atoms with van der Waals surface area (Å²) in [4.78, 5) is 10.2. The molecule has 0 saturated carbocycles. The van der Waals surface area contributed by atoms with Crippen LogP contribution >= 0.6 is 0 Å². The van der Waals surface area contributed by atoms with Crippen molar-refractivity contribution in [3.8, 4) is 28.0 Å². The Morgan fingerprint density at radius 3 is 1.81 bits per heavy atom. The lowest BCUT2D eigenvalue weighted by atomic mass is 10.0. The van der Waals surface area contributed by atoms with Crippen LogP contribution in [0, 0.1) is 0 Å². The number of hydrogen-bond donors (Lipinski definition) is 2. The smallest absolute Gasteiger partial charge is 0.335 e. The van der Waals surface area contributed by atoms with E-state index in [1.165, 1.54) is 27.6 Å². The van der Waals surface area contributed by atoms with Crippen LogP contribution in [0.3, 0.4) is 0 Å². The zero-order chi connectivity index (χ0) is 18.1. The van der Waals surface area contributed by atoms with Crippen LogP contribution in [0.4, 0.5) is 0 Å². The number of rotatable bonds is 1. The summed E-state index contributed by atoms with van der Waals surface area (Å²) in [6, 6.07) is 26.6. The molecule has 0 saturated heterocycles. The number of phenols is 1. The predicted molar refractivity (Wildman–Crippen MR) is 103 cm³/mol. The summed E-state index contributed by atoms with van der Waals surface area (Å²) >= 11 is 0. The monoisotopic (exact) mass is 340 g/mol. The lowest BCUT2D eigenvalue weighted by molar-refractivity contribution is 0.0697. The summed E-state index contributed by atoms with van der Waals surface area (Å²) in [6.45, 7) is 0. The van der Waals surface area contributed by atoms with Gasteiger partial charge >= 0.3 is 5.97 Å². The van der Waals surface area contributed by atoms with Gasteiger partial charge in [-0.15, -0.1) is 0 Å². The molecule has 1 aliphatic rings. The number of carboxylic acids is 1. The zero-order valence-electron chi connectivity index (χ0n) is 13.9. The van der Waals surface area contributed by atoms with Gasteiger partial charge in [-0.05, 0) is 40.5 Å². The van der Waals surface area contributed by atoms with Gasteiger partial charge in [-0.2, -0.15) is 0 Å². The number of carboxylic acid groups (broad SMARTS) is 1. The summed E-state index contributed by atoms with van der Waals surface area (Å²) in [7, 11) is 0. The molecule has 0 bridgehead atoms. The molecule has 0 radical (unpaired) electrons. The molecule has 4 aromatic carbocycles. The molecular formula is C23H16O3. The number of phenolic OH excluding ortho intramolecular Hbond substituents is 1. The van der Waals surface area contributed by atoms with E-state index in [1.54, 1.807) is 36.4 Å². The lowest BCUT2D eigenvalue weighted by Gasteiger charge is -2.03. The Kier molecular flexibility index (Phi) is 3.90. The second kappa shape index (κ2) is 6.37. The standard InChI is InChI=1S/C16H10O.C7H6O2/c17-15-9-8-13-11-5-2-1-4-10(11)12-6-3-7-14(15)16(12)13;8-7(9)6-4-2-1-3-5-6/h1-9,17H;1-5H,(H,8,9). The van der Waals surface area contributed by atoms with Crippen LogP contribution in [0.25, 0.3) is 33.0 Å². The van der Waals surface area contributed by atoms with Gasteiger partial charge in [0, 0.05) is 10.8 Å². The van der Waals surface area contributed by atoms with Crippen molar-refractivity contribution < 1.29 is 15.0 Å². The van der Waals surface area contributed by atoms with Crippen LogP contribution in [-0.4, -0.2) is 16.2 Å². The highest BCUT2D eigenvalue weighted by atomic mass is 16.4. The number of hydrogen-bond acceptors (Lipinski definition) is 2. The fourth-order valence-corrected chi connectivity index (χ4v) is 3.37. The Morgan fingerprint density at radius 1 is 0.615 bits per heavy atom. The summed E-state index contributed by atoms with van der Waals surface area (Å²) in [5.41, 5.74) is 5.31. The van der Waals surface area contributed by atoms with Gasteiger partial charge in [0.2, 0.25) is 0 Å². The van der Waals surface area contributed by atoms with E-state index in [1.807, 2.05) is 18.2 Å². The predicted octanol–water partition coefficient (Wildman–Crippen LogP) is 5.58. The fraction of sp³-hybridized carbons (Fsp3) is 0. The van der Waals surface area contributed by atoms with Gasteiger partial charge in [0.15, 0.2) is 0 Å². The average Bonchev–Trinajstić information content (AvgIpc) is 3.01. The lowest BCUT2D eigenvalue weighted by Crippen LogP contribution is -1.93. The van der Waals surface area contributed by atoms with E-state index in [0.29, 0.717) is 11.3 Å². The molecule has 0 fully saturated rings. The third-order valence-corrected chi connectivity index (χ3v) is 4.55. The van der Waals surface area contributed by atoms with E-state index in [4.69, 9.17) is 5.11 Å². The fourth-order valence-electron chi connectivity index (χ4n) is 3.37. The van der Waals surface area contributed by atoms with Gasteiger partial charge in [0.05, 0.1) is 5.56 Å². The summed E-state index contributed by atoms with van der Waals surface area (Å²) in [5.74, 6) is -0.519. The maximum atomic E-state index is 10.2. The quantitative estimate of drug-likeness (QED) is 0.419. The maximum Gasteiger partial charge on any atom is 0.335 e. The van der Waals surface area contributed by atoms with Crippen molar-refractivity contribution in [2.24, 2.45) is 0 Å². The molecule has 2 N–H and O–H groups in total. The third-order valence-electron chi connectivity index (χ3n) is 4.55. The molecule has 3 heteroatoms. The van der Waals surface area contributed by atoms with Gasteiger partial charge in [0.1, 0.15) is 5.75 Å². The number of benzene rings is 4. The van der Waals surface area contributed by atoms with Crippen molar-refractivity contribution in [3.05, 3.63) is 90.5 Å². The van der Waals surface area contributed by atoms with Crippen LogP contribution in [0.1, 0.15) is 10.4 Å². The first-order valence-electron chi connectivity index (χ1n) is 8.29. The Bertz CT molecular complexity index is 1090. The highest BCUT2D eigenvalue weighted by Crippen LogP contribution is 2.48. The Labute approximate surface area is 150 Å². The SMILES string of the molecule is O=C(O)c1ccccc1.Oc1ccc2c3c(cccc13)-c1ccccc1-2. The van der Waals surface area contributed by atoms with E-state index in [-0.39, 0.29) is 0 Å². The Balaban J connectivity index is 0.000000160. The van der Waals surface area contributed by atoms with Gasteiger partial charge in [0.25, 0.3) is 0 Å².